The van der Waals surface area contributed by atoms with Crippen molar-refractivity contribution in [3.8, 4) is 0 Å². The van der Waals surface area contributed by atoms with Crippen LogP contribution in [0.3, 0.4) is 0 Å². The van der Waals surface area contributed by atoms with Crippen LogP contribution < -0.4 is 0 Å². The van der Waals surface area contributed by atoms with E-state index in [1.807, 2.05) is 0 Å². The maximum absolute atomic E-state index is 4.94. The van der Waals surface area contributed by atoms with E-state index in [2.05, 4.69) is 42.5 Å². The molecule has 0 unspecified atom stereocenters. The van der Waals surface area contributed by atoms with Gasteiger partial charge < -0.3 is 4.74 Å². The fourth-order valence-electron chi connectivity index (χ4n) is 0.510. The van der Waals surface area contributed by atoms with Gasteiger partial charge in [0.25, 0.3) is 0 Å². The van der Waals surface area contributed by atoms with Gasteiger partial charge in [-0.1, -0.05) is 0 Å². The molecule has 0 aromatic rings. The van der Waals surface area contributed by atoms with Gasteiger partial charge in [-0.2, -0.15) is 0 Å². The zero-order chi connectivity index (χ0) is 7.11. The van der Waals surface area contributed by atoms with Crippen molar-refractivity contribution in [2.75, 3.05) is 13.2 Å². The van der Waals surface area contributed by atoms with Gasteiger partial charge in [0, 0.05) is 13.2 Å². The van der Waals surface area contributed by atoms with Crippen LogP contribution in [0.15, 0.2) is 0 Å². The third-order valence-corrected chi connectivity index (χ3v) is 0.827. The summed E-state index contributed by atoms with van der Waals surface area (Å²) < 4.78 is 4.94. The van der Waals surface area contributed by atoms with E-state index in [-0.39, 0.29) is 0 Å². The Hall–Kier alpha value is 3.50. The van der Waals surface area contributed by atoms with Gasteiger partial charge in [0.15, 0.2) is 0 Å². The summed E-state index contributed by atoms with van der Waals surface area (Å²) >= 11 is 6.84. The van der Waals surface area contributed by atoms with Crippen molar-refractivity contribution in [1.82, 2.24) is 0 Å². The number of rotatable bonds is 0. The van der Waals surface area contributed by atoms with Gasteiger partial charge in [-0.05, 0) is 12.8 Å². The first-order valence-corrected chi connectivity index (χ1v) is 30.3. The predicted octanol–water partition coefficient (Wildman–Crippen LogP) is 3.45. The minimum atomic E-state index is -0.747. The van der Waals surface area contributed by atoms with Gasteiger partial charge in [0.1, 0.15) is 0 Å². The van der Waals surface area contributed by atoms with E-state index < -0.39 is 18.3 Å². The molecule has 1 heterocycles. The molecule has 0 spiro atoms. The van der Waals surface area contributed by atoms with Gasteiger partial charge in [0.2, 0.25) is 0 Å². The third-order valence-electron chi connectivity index (χ3n) is 0.827. The predicted molar refractivity (Wildman–Crippen MR) is 62.1 cm³/mol. The van der Waals surface area contributed by atoms with E-state index >= 15 is 0 Å². The fraction of sp³-hybridized carbons (Fsp3) is 1.00. The minimum absolute atomic E-state index is 0.747. The third kappa shape index (κ3) is 14.4. The number of hydrogen-bond acceptors (Lipinski definition) is 1. The van der Waals surface area contributed by atoms with Crippen molar-refractivity contribution in [3.05, 3.63) is 0 Å². The molecular formula is C4H8I3NdO. The Kier molecular flexibility index (Phi) is 13.3. The van der Waals surface area contributed by atoms with Crippen LogP contribution in [-0.2, 0) is 4.74 Å². The van der Waals surface area contributed by atoms with E-state index in [4.69, 9.17) is 4.74 Å². The van der Waals surface area contributed by atoms with E-state index in [0.29, 0.717) is 0 Å². The van der Waals surface area contributed by atoms with Crippen LogP contribution in [-0.4, -0.2) is 13.2 Å². The molecule has 0 atom stereocenters. The van der Waals surface area contributed by atoms with Gasteiger partial charge in [-0.15, -0.1) is 0 Å². The molecule has 1 aliphatic heterocycles. The van der Waals surface area contributed by atoms with Crippen LogP contribution in [0.25, 0.3) is 0 Å². The van der Waals surface area contributed by atoms with E-state index in [1.165, 1.54) is 12.8 Å². The molecular weight excluding hydrogens is 589 g/mol. The van der Waals surface area contributed by atoms with Crippen LogP contribution in [0.1, 0.15) is 12.8 Å². The first-order chi connectivity index (χ1) is 4.23. The molecule has 0 saturated carbocycles. The summed E-state index contributed by atoms with van der Waals surface area (Å²) in [4.78, 5) is 0. The van der Waals surface area contributed by atoms with Crippen molar-refractivity contribution in [1.29, 1.82) is 0 Å². The molecule has 0 amide bonds. The van der Waals surface area contributed by atoms with E-state index in [1.54, 1.807) is 0 Å². The average molecular weight is 597 g/mol. The van der Waals surface area contributed by atoms with E-state index in [0.717, 1.165) is 13.2 Å². The monoisotopic (exact) mass is 595 g/mol. The molecule has 1 nitrogen and oxygen atoms in total. The van der Waals surface area contributed by atoms with Crippen molar-refractivity contribution < 1.29 is 23.0 Å². The molecule has 55 valence electrons. The van der Waals surface area contributed by atoms with E-state index in [9.17, 15) is 0 Å². The zero-order valence-corrected chi connectivity index (χ0v) is 14.6. The molecule has 0 aliphatic carbocycles. The molecule has 5 heteroatoms. The molecule has 1 saturated heterocycles. The summed E-state index contributed by atoms with van der Waals surface area (Å²) in [7, 11) is 0. The molecule has 0 bridgehead atoms. The van der Waals surface area contributed by atoms with Crippen LogP contribution in [0.5, 0.6) is 0 Å². The van der Waals surface area contributed by atoms with Crippen LogP contribution in [0.4, 0.5) is 0 Å². The molecule has 1 fully saturated rings. The Bertz CT molecular complexity index is 47.4. The maximum atomic E-state index is 4.94. The summed E-state index contributed by atoms with van der Waals surface area (Å²) in [6, 6.07) is 0. The SMILES string of the molecule is C1CCOC1.[I][Nd]([I])[I]. The van der Waals surface area contributed by atoms with Crippen LogP contribution in [0.2, 0.25) is 0 Å². The van der Waals surface area contributed by atoms with Gasteiger partial charge in [-0.3, -0.25) is 0 Å². The molecule has 0 N–H and O–H groups in total. The molecule has 0 aromatic heterocycles. The first kappa shape index (κ1) is 12.5. The summed E-state index contributed by atoms with van der Waals surface area (Å²) in [5.74, 6) is 0. The van der Waals surface area contributed by atoms with Gasteiger partial charge >= 0.3 is 60.8 Å². The molecule has 0 aromatic carbocycles. The summed E-state index contributed by atoms with van der Waals surface area (Å²) in [6.45, 7) is 2.00. The van der Waals surface area contributed by atoms with Crippen molar-refractivity contribution >= 4 is 42.5 Å². The zero-order valence-electron chi connectivity index (χ0n) is 4.87. The Morgan fingerprint density at radius 2 is 1.33 bits per heavy atom. The second kappa shape index (κ2) is 9.59. The van der Waals surface area contributed by atoms with Crippen molar-refractivity contribution in [2.45, 2.75) is 12.8 Å². The Balaban J connectivity index is 0.000000148. The number of halogens is 3. The number of hydrogen-bond donors (Lipinski definition) is 0. The Morgan fingerprint density at radius 1 is 1.00 bits per heavy atom. The average Bonchev–Trinajstić information content (AvgIpc) is 2.11. The molecule has 9 heavy (non-hydrogen) atoms. The first-order valence-electron chi connectivity index (χ1n) is 2.64. The molecule has 1 rings (SSSR count). The fourth-order valence-corrected chi connectivity index (χ4v) is 0.510. The topological polar surface area (TPSA) is 9.23 Å². The Labute approximate surface area is 88.4 Å². The van der Waals surface area contributed by atoms with Crippen LogP contribution in [0, 0.1) is 18.3 Å². The van der Waals surface area contributed by atoms with Crippen LogP contribution >= 0.6 is 42.5 Å². The van der Waals surface area contributed by atoms with Crippen molar-refractivity contribution in [3.63, 3.8) is 0 Å². The van der Waals surface area contributed by atoms with Crippen molar-refractivity contribution in [2.24, 2.45) is 0 Å². The standard InChI is InChI=1S/C4H8O.3HI.Nd/c1-2-4-5-3-1;;;;/h1-4H2;3*1H;/q;;;;+3/p-3. The molecule has 1 aliphatic rings. The van der Waals surface area contributed by atoms with Gasteiger partial charge in [-0.25, -0.2) is 0 Å². The van der Waals surface area contributed by atoms with Gasteiger partial charge in [0.05, 0.1) is 0 Å². The summed E-state index contributed by atoms with van der Waals surface area (Å²) in [5, 5.41) is 0. The summed E-state index contributed by atoms with van der Waals surface area (Å²) in [5.41, 5.74) is 0. The quantitative estimate of drug-likeness (QED) is 0.390. The molecule has 0 radical (unpaired) electrons. The second-order valence-corrected chi connectivity index (χ2v) is 72.8. The number of ether oxygens (including phenoxy) is 1. The summed E-state index contributed by atoms with van der Waals surface area (Å²) in [6.07, 6.45) is 2.56. The second-order valence-electron chi connectivity index (χ2n) is 1.53. The Morgan fingerprint density at radius 3 is 1.44 bits per heavy atom. The normalized spacial score (nSPS) is 16.3.